The number of aliphatic hydroxyl groups excluding tert-OH is 1. The van der Waals surface area contributed by atoms with E-state index in [1.807, 2.05) is 4.90 Å². The average molecular weight is 209 g/mol. The third-order valence-corrected chi connectivity index (χ3v) is 2.55. The van der Waals surface area contributed by atoms with E-state index in [4.69, 9.17) is 9.52 Å². The van der Waals surface area contributed by atoms with Crippen LogP contribution in [0.1, 0.15) is 30.3 Å². The minimum atomic E-state index is -0.0685. The molecule has 1 aliphatic rings. The monoisotopic (exact) mass is 209 g/mol. The van der Waals surface area contributed by atoms with Gasteiger partial charge < -0.3 is 14.4 Å². The number of ketones is 1. The van der Waals surface area contributed by atoms with Gasteiger partial charge in [0.15, 0.2) is 17.4 Å². The van der Waals surface area contributed by atoms with Gasteiger partial charge in [0.25, 0.3) is 0 Å². The van der Waals surface area contributed by atoms with E-state index in [1.165, 1.54) is 6.92 Å². The molecule has 1 N–H and O–H groups in total. The van der Waals surface area contributed by atoms with E-state index in [2.05, 4.69) is 0 Å². The second-order valence-corrected chi connectivity index (χ2v) is 3.84. The Morgan fingerprint density at radius 2 is 2.33 bits per heavy atom. The zero-order valence-electron chi connectivity index (χ0n) is 8.77. The van der Waals surface area contributed by atoms with Crippen molar-refractivity contribution in [1.29, 1.82) is 0 Å². The summed E-state index contributed by atoms with van der Waals surface area (Å²) < 4.78 is 5.43. The first-order valence-corrected chi connectivity index (χ1v) is 5.20. The molecule has 4 heteroatoms. The van der Waals surface area contributed by atoms with Crippen molar-refractivity contribution in [3.8, 4) is 0 Å². The first-order valence-electron chi connectivity index (χ1n) is 5.20. The summed E-state index contributed by atoms with van der Waals surface area (Å²) in [6, 6.07) is 3.96. The highest BCUT2D eigenvalue weighted by molar-refractivity contribution is 5.91. The molecule has 0 spiro atoms. The lowest BCUT2D eigenvalue weighted by Crippen LogP contribution is -2.28. The summed E-state index contributed by atoms with van der Waals surface area (Å²) in [5.41, 5.74) is 0. The zero-order valence-corrected chi connectivity index (χ0v) is 8.77. The van der Waals surface area contributed by atoms with Gasteiger partial charge in [-0.05, 0) is 18.9 Å². The Balaban J connectivity index is 2.14. The fourth-order valence-corrected chi connectivity index (χ4v) is 1.64. The molecule has 2 rings (SSSR count). The van der Waals surface area contributed by atoms with Gasteiger partial charge in [-0.1, -0.05) is 0 Å². The molecule has 1 aromatic heterocycles. The van der Waals surface area contributed by atoms with Crippen LogP contribution < -0.4 is 4.90 Å². The van der Waals surface area contributed by atoms with Crippen molar-refractivity contribution in [2.45, 2.75) is 25.8 Å². The van der Waals surface area contributed by atoms with Crippen LogP contribution in [-0.2, 0) is 0 Å². The summed E-state index contributed by atoms with van der Waals surface area (Å²) in [7, 11) is 0. The molecule has 1 aromatic rings. The number of carbonyl (C=O) groups is 1. The van der Waals surface area contributed by atoms with Crippen LogP contribution in [0.5, 0.6) is 0 Å². The number of furan rings is 1. The van der Waals surface area contributed by atoms with E-state index in [1.54, 1.807) is 12.1 Å². The van der Waals surface area contributed by atoms with Crippen molar-refractivity contribution < 1.29 is 14.3 Å². The molecule has 82 valence electrons. The molecular weight excluding hydrogens is 194 g/mol. The second kappa shape index (κ2) is 4.06. The molecule has 0 aliphatic heterocycles. The van der Waals surface area contributed by atoms with E-state index >= 15 is 0 Å². The number of hydrogen-bond acceptors (Lipinski definition) is 4. The van der Waals surface area contributed by atoms with Gasteiger partial charge >= 0.3 is 0 Å². The molecule has 0 amide bonds. The standard InChI is InChI=1S/C11H15NO3/c1-8(14)10-4-5-11(15-10)12(6-7-13)9-2-3-9/h4-5,9,13H,2-3,6-7H2,1H3. The number of aliphatic hydroxyl groups is 1. The molecule has 1 fully saturated rings. The molecule has 0 unspecified atom stereocenters. The van der Waals surface area contributed by atoms with Crippen LogP contribution in [-0.4, -0.2) is 30.1 Å². The Morgan fingerprint density at radius 3 is 2.80 bits per heavy atom. The predicted molar refractivity (Wildman–Crippen MR) is 56.2 cm³/mol. The van der Waals surface area contributed by atoms with Gasteiger partial charge in [0.1, 0.15) is 0 Å². The summed E-state index contributed by atoms with van der Waals surface area (Å²) >= 11 is 0. The minimum absolute atomic E-state index is 0.0685. The molecule has 4 nitrogen and oxygen atoms in total. The fraction of sp³-hybridized carbons (Fsp3) is 0.545. The van der Waals surface area contributed by atoms with Gasteiger partial charge in [-0.15, -0.1) is 0 Å². The third kappa shape index (κ3) is 2.21. The molecule has 0 bridgehead atoms. The van der Waals surface area contributed by atoms with Crippen molar-refractivity contribution in [1.82, 2.24) is 0 Å². The molecular formula is C11H15NO3. The number of nitrogens with zero attached hydrogens (tertiary/aromatic N) is 1. The maximum Gasteiger partial charge on any atom is 0.196 e. The Bertz CT molecular complexity index is 354. The second-order valence-electron chi connectivity index (χ2n) is 3.84. The quantitative estimate of drug-likeness (QED) is 0.745. The van der Waals surface area contributed by atoms with Crippen LogP contribution in [0.25, 0.3) is 0 Å². The van der Waals surface area contributed by atoms with Crippen LogP contribution in [0.4, 0.5) is 5.88 Å². The van der Waals surface area contributed by atoms with Crippen molar-refractivity contribution >= 4 is 11.7 Å². The lowest BCUT2D eigenvalue weighted by molar-refractivity contribution is 0.0987. The van der Waals surface area contributed by atoms with Crippen LogP contribution in [0.15, 0.2) is 16.5 Å². The normalized spacial score (nSPS) is 15.3. The maximum absolute atomic E-state index is 11.1. The minimum Gasteiger partial charge on any atom is -0.437 e. The number of Topliss-reactive ketones (excluding diaryl/α,β-unsaturated/α-hetero) is 1. The zero-order chi connectivity index (χ0) is 10.8. The van der Waals surface area contributed by atoms with Gasteiger partial charge in [-0.25, -0.2) is 0 Å². The molecule has 0 aromatic carbocycles. The van der Waals surface area contributed by atoms with E-state index in [9.17, 15) is 4.79 Å². The van der Waals surface area contributed by atoms with Crippen LogP contribution in [0.2, 0.25) is 0 Å². The number of hydrogen-bond donors (Lipinski definition) is 1. The molecule has 0 saturated heterocycles. The molecule has 1 saturated carbocycles. The summed E-state index contributed by atoms with van der Waals surface area (Å²) in [4.78, 5) is 13.1. The highest BCUT2D eigenvalue weighted by atomic mass is 16.4. The Morgan fingerprint density at radius 1 is 1.60 bits per heavy atom. The van der Waals surface area contributed by atoms with Crippen molar-refractivity contribution in [2.24, 2.45) is 0 Å². The summed E-state index contributed by atoms with van der Waals surface area (Å²) in [5, 5.41) is 8.94. The molecule has 1 heterocycles. The van der Waals surface area contributed by atoms with Gasteiger partial charge in [0, 0.05) is 25.6 Å². The van der Waals surface area contributed by atoms with Crippen molar-refractivity contribution in [2.75, 3.05) is 18.1 Å². The lowest BCUT2D eigenvalue weighted by atomic mass is 10.3. The summed E-state index contributed by atoms with van der Waals surface area (Å²) in [6.07, 6.45) is 2.27. The maximum atomic E-state index is 11.1. The first kappa shape index (κ1) is 10.2. The fourth-order valence-electron chi connectivity index (χ4n) is 1.64. The van der Waals surface area contributed by atoms with E-state index in [0.29, 0.717) is 24.2 Å². The van der Waals surface area contributed by atoms with Gasteiger partial charge in [-0.2, -0.15) is 0 Å². The molecule has 1 aliphatic carbocycles. The van der Waals surface area contributed by atoms with Crippen molar-refractivity contribution in [3.63, 3.8) is 0 Å². The van der Waals surface area contributed by atoms with E-state index in [0.717, 1.165) is 12.8 Å². The van der Waals surface area contributed by atoms with Crippen molar-refractivity contribution in [3.05, 3.63) is 17.9 Å². The number of anilines is 1. The van der Waals surface area contributed by atoms with Crippen LogP contribution in [0.3, 0.4) is 0 Å². The highest BCUT2D eigenvalue weighted by Crippen LogP contribution is 2.32. The SMILES string of the molecule is CC(=O)c1ccc(N(CCO)C2CC2)o1. The molecule has 0 atom stereocenters. The largest absolute Gasteiger partial charge is 0.437 e. The molecule has 0 radical (unpaired) electrons. The number of rotatable bonds is 5. The Kier molecular flexibility index (Phi) is 2.77. The van der Waals surface area contributed by atoms with Crippen LogP contribution >= 0.6 is 0 Å². The lowest BCUT2D eigenvalue weighted by Gasteiger charge is -2.19. The van der Waals surface area contributed by atoms with Crippen LogP contribution in [0, 0.1) is 0 Å². The van der Waals surface area contributed by atoms with Gasteiger partial charge in [0.05, 0.1) is 6.61 Å². The van der Waals surface area contributed by atoms with Gasteiger partial charge in [-0.3, -0.25) is 4.79 Å². The topological polar surface area (TPSA) is 53.7 Å². The molecule has 15 heavy (non-hydrogen) atoms. The average Bonchev–Trinajstić information content (AvgIpc) is 2.91. The van der Waals surface area contributed by atoms with E-state index in [-0.39, 0.29) is 12.4 Å². The first-order chi connectivity index (χ1) is 7.22. The Labute approximate surface area is 88.5 Å². The van der Waals surface area contributed by atoms with Gasteiger partial charge in [0.2, 0.25) is 0 Å². The summed E-state index contributed by atoms with van der Waals surface area (Å²) in [5.74, 6) is 1.01. The third-order valence-electron chi connectivity index (χ3n) is 2.55. The predicted octanol–water partition coefficient (Wildman–Crippen LogP) is 1.44. The summed E-state index contributed by atoms with van der Waals surface area (Å²) in [6.45, 7) is 2.15. The smallest absolute Gasteiger partial charge is 0.196 e. The highest BCUT2D eigenvalue weighted by Gasteiger charge is 2.30. The number of carbonyl (C=O) groups excluding carboxylic acids is 1. The Hall–Kier alpha value is -1.29. The van der Waals surface area contributed by atoms with E-state index < -0.39 is 0 Å².